The van der Waals surface area contributed by atoms with Gasteiger partial charge >= 0.3 is 0 Å². The number of ether oxygens (including phenoxy) is 2. The Balaban J connectivity index is 1.53. The number of rotatable bonds is 4. The van der Waals surface area contributed by atoms with Gasteiger partial charge < -0.3 is 14.6 Å². The van der Waals surface area contributed by atoms with Crippen LogP contribution >= 0.6 is 0 Å². The van der Waals surface area contributed by atoms with Crippen molar-refractivity contribution in [1.29, 1.82) is 0 Å². The molecule has 1 aliphatic carbocycles. The van der Waals surface area contributed by atoms with Crippen molar-refractivity contribution in [2.24, 2.45) is 0 Å². The zero-order chi connectivity index (χ0) is 14.2. The van der Waals surface area contributed by atoms with Gasteiger partial charge in [0.25, 0.3) is 0 Å². The molecule has 2 fully saturated rings. The summed E-state index contributed by atoms with van der Waals surface area (Å²) >= 11 is 0. The average molecular weight is 279 g/mol. The summed E-state index contributed by atoms with van der Waals surface area (Å²) in [6.45, 7) is 4.20. The quantitative estimate of drug-likeness (QED) is 0.815. The van der Waals surface area contributed by atoms with E-state index in [2.05, 4.69) is 5.48 Å². The smallest absolute Gasteiger partial charge is 0.163 e. The van der Waals surface area contributed by atoms with Crippen molar-refractivity contribution in [2.75, 3.05) is 0 Å². The predicted molar refractivity (Wildman–Crippen MR) is 72.6 cm³/mol. The molecule has 0 aromatic heterocycles. The van der Waals surface area contributed by atoms with Crippen molar-refractivity contribution in [3.8, 4) is 0 Å². The summed E-state index contributed by atoms with van der Waals surface area (Å²) in [5, 5.41) is 10.0. The molecule has 2 N–H and O–H groups in total. The van der Waals surface area contributed by atoms with Crippen LogP contribution in [-0.4, -0.2) is 35.2 Å². The molecule has 0 bridgehead atoms. The number of nitrogens with one attached hydrogen (secondary N) is 1. The van der Waals surface area contributed by atoms with Gasteiger partial charge in [0.2, 0.25) is 0 Å². The summed E-state index contributed by atoms with van der Waals surface area (Å²) in [6.07, 6.45) is -0.390. The van der Waals surface area contributed by atoms with Crippen LogP contribution < -0.4 is 5.48 Å². The predicted octanol–water partition coefficient (Wildman–Crippen LogP) is 1.36. The molecule has 1 saturated heterocycles. The van der Waals surface area contributed by atoms with Gasteiger partial charge in [0, 0.05) is 0 Å². The van der Waals surface area contributed by atoms with E-state index >= 15 is 0 Å². The Bertz CT molecular complexity index is 450. The van der Waals surface area contributed by atoms with E-state index in [1.807, 2.05) is 44.2 Å². The molecular weight excluding hydrogens is 258 g/mol. The summed E-state index contributed by atoms with van der Waals surface area (Å²) < 4.78 is 11.5. The third-order valence-electron chi connectivity index (χ3n) is 3.75. The maximum atomic E-state index is 10.0. The topological polar surface area (TPSA) is 60.0 Å². The Morgan fingerprint density at radius 2 is 1.95 bits per heavy atom. The summed E-state index contributed by atoms with van der Waals surface area (Å²) in [7, 11) is 0. The molecule has 2 aliphatic rings. The molecule has 5 heteroatoms. The molecule has 3 rings (SSSR count). The first-order valence-corrected chi connectivity index (χ1v) is 7.00. The normalized spacial score (nSPS) is 35.1. The van der Waals surface area contributed by atoms with Gasteiger partial charge in [-0.1, -0.05) is 30.3 Å². The fraction of sp³-hybridized carbons (Fsp3) is 0.600. The lowest BCUT2D eigenvalue weighted by atomic mass is 10.2. The number of fused-ring (bicyclic) bond motifs is 1. The minimum atomic E-state index is -0.643. The van der Waals surface area contributed by atoms with Crippen LogP contribution in [0.2, 0.25) is 0 Å². The molecule has 0 unspecified atom stereocenters. The molecule has 20 heavy (non-hydrogen) atoms. The maximum Gasteiger partial charge on any atom is 0.163 e. The molecule has 4 atom stereocenters. The van der Waals surface area contributed by atoms with Crippen LogP contribution in [0.15, 0.2) is 30.3 Å². The maximum absolute atomic E-state index is 10.0. The van der Waals surface area contributed by atoms with Gasteiger partial charge in [-0.2, -0.15) is 5.48 Å². The first-order valence-electron chi connectivity index (χ1n) is 7.00. The summed E-state index contributed by atoms with van der Waals surface area (Å²) in [6, 6.07) is 9.88. The monoisotopic (exact) mass is 279 g/mol. The van der Waals surface area contributed by atoms with Crippen molar-refractivity contribution in [3.05, 3.63) is 35.9 Å². The van der Waals surface area contributed by atoms with E-state index in [-0.39, 0.29) is 18.2 Å². The first-order chi connectivity index (χ1) is 9.55. The van der Waals surface area contributed by atoms with Crippen LogP contribution in [0.4, 0.5) is 0 Å². The molecule has 1 aliphatic heterocycles. The number of aliphatic hydroxyl groups excluding tert-OH is 1. The Hall–Kier alpha value is -0.980. The zero-order valence-electron chi connectivity index (χ0n) is 11.8. The van der Waals surface area contributed by atoms with Crippen LogP contribution in [0.1, 0.15) is 25.8 Å². The van der Waals surface area contributed by atoms with Gasteiger partial charge in [0.15, 0.2) is 5.79 Å². The highest BCUT2D eigenvalue weighted by molar-refractivity contribution is 5.13. The number of hydrogen-bond acceptors (Lipinski definition) is 5. The number of aliphatic hydroxyl groups is 1. The fourth-order valence-electron chi connectivity index (χ4n) is 2.88. The second kappa shape index (κ2) is 5.42. The lowest BCUT2D eigenvalue weighted by Gasteiger charge is -2.22. The number of hydrogen-bond donors (Lipinski definition) is 2. The van der Waals surface area contributed by atoms with Crippen LogP contribution in [0, 0.1) is 0 Å². The van der Waals surface area contributed by atoms with E-state index in [9.17, 15) is 5.11 Å². The van der Waals surface area contributed by atoms with Crippen molar-refractivity contribution >= 4 is 0 Å². The molecule has 1 heterocycles. The Kier molecular flexibility index (Phi) is 3.79. The Labute approximate surface area is 118 Å². The van der Waals surface area contributed by atoms with Gasteiger partial charge in [-0.25, -0.2) is 0 Å². The number of benzene rings is 1. The average Bonchev–Trinajstić information content (AvgIpc) is 2.87. The highest BCUT2D eigenvalue weighted by atomic mass is 16.8. The van der Waals surface area contributed by atoms with Gasteiger partial charge in [0.1, 0.15) is 12.2 Å². The van der Waals surface area contributed by atoms with E-state index in [1.165, 1.54) is 0 Å². The zero-order valence-corrected chi connectivity index (χ0v) is 11.8. The van der Waals surface area contributed by atoms with Crippen LogP contribution in [0.25, 0.3) is 0 Å². The van der Waals surface area contributed by atoms with Crippen LogP contribution in [-0.2, 0) is 20.9 Å². The molecule has 1 aromatic carbocycles. The first kappa shape index (κ1) is 14.0. The third-order valence-corrected chi connectivity index (χ3v) is 3.75. The van der Waals surface area contributed by atoms with Crippen molar-refractivity contribution in [3.63, 3.8) is 0 Å². The summed E-state index contributed by atoms with van der Waals surface area (Å²) in [5.74, 6) is -0.643. The second-order valence-corrected chi connectivity index (χ2v) is 5.87. The van der Waals surface area contributed by atoms with E-state index < -0.39 is 11.9 Å². The Morgan fingerprint density at radius 1 is 1.25 bits per heavy atom. The molecule has 0 radical (unpaired) electrons. The third kappa shape index (κ3) is 2.87. The van der Waals surface area contributed by atoms with Crippen molar-refractivity contribution in [2.45, 2.75) is 57.0 Å². The molecule has 0 spiro atoms. The van der Waals surface area contributed by atoms with Gasteiger partial charge in [-0.3, -0.25) is 4.84 Å². The van der Waals surface area contributed by atoms with Crippen molar-refractivity contribution < 1.29 is 19.4 Å². The van der Waals surface area contributed by atoms with Gasteiger partial charge in [-0.05, 0) is 25.8 Å². The van der Waals surface area contributed by atoms with Gasteiger partial charge in [0.05, 0.1) is 18.8 Å². The number of hydroxylamine groups is 1. The minimum Gasteiger partial charge on any atom is -0.390 e. The largest absolute Gasteiger partial charge is 0.390 e. The summed E-state index contributed by atoms with van der Waals surface area (Å²) in [5.41, 5.74) is 4.10. The molecule has 0 amide bonds. The van der Waals surface area contributed by atoms with E-state index in [1.54, 1.807) is 0 Å². The molecule has 1 aromatic rings. The van der Waals surface area contributed by atoms with Gasteiger partial charge in [-0.15, -0.1) is 0 Å². The van der Waals surface area contributed by atoms with Crippen LogP contribution in [0.3, 0.4) is 0 Å². The Morgan fingerprint density at radius 3 is 2.70 bits per heavy atom. The molecule has 5 nitrogen and oxygen atoms in total. The SMILES string of the molecule is CC1(C)O[C@@H]2[C@H](O1)[C@H](O)C[C@H]2NOCc1ccccc1. The lowest BCUT2D eigenvalue weighted by Crippen LogP contribution is -2.39. The standard InChI is InChI=1S/C15H21NO4/c1-15(2)19-13-11(8-12(17)14(13)20-15)16-18-9-10-6-4-3-5-7-10/h3-7,11-14,16-17H,8-9H2,1-2H3/t11-,12-,13+,14-/m1/s1. The molecule has 1 saturated carbocycles. The van der Waals surface area contributed by atoms with Crippen molar-refractivity contribution in [1.82, 2.24) is 5.48 Å². The van der Waals surface area contributed by atoms with E-state index in [0.717, 1.165) is 5.56 Å². The highest BCUT2D eigenvalue weighted by Crippen LogP contribution is 2.38. The van der Waals surface area contributed by atoms with E-state index in [0.29, 0.717) is 13.0 Å². The highest BCUT2D eigenvalue weighted by Gasteiger charge is 2.53. The second-order valence-electron chi connectivity index (χ2n) is 5.87. The molecular formula is C15H21NO4. The van der Waals surface area contributed by atoms with E-state index in [4.69, 9.17) is 14.3 Å². The van der Waals surface area contributed by atoms with Crippen LogP contribution in [0.5, 0.6) is 0 Å². The lowest BCUT2D eigenvalue weighted by molar-refractivity contribution is -0.169. The fourth-order valence-corrected chi connectivity index (χ4v) is 2.88. The summed E-state index contributed by atoms with van der Waals surface area (Å²) in [4.78, 5) is 5.53. The minimum absolute atomic E-state index is 0.0551. The molecule has 110 valence electrons.